The van der Waals surface area contributed by atoms with Gasteiger partial charge in [-0.15, -0.1) is 0 Å². The van der Waals surface area contributed by atoms with Crippen LogP contribution >= 0.6 is 0 Å². The van der Waals surface area contributed by atoms with Gasteiger partial charge >= 0.3 is 0 Å². The summed E-state index contributed by atoms with van der Waals surface area (Å²) in [5.74, 6) is 5.63. The highest BCUT2D eigenvalue weighted by atomic mass is 15.3. The van der Waals surface area contributed by atoms with Crippen molar-refractivity contribution in [1.82, 2.24) is 15.2 Å². The van der Waals surface area contributed by atoms with Crippen LogP contribution in [0.25, 0.3) is 0 Å². The van der Waals surface area contributed by atoms with Crippen molar-refractivity contribution in [1.29, 1.82) is 0 Å². The maximum Gasteiger partial charge on any atom is 0.0641 e. The zero-order valence-electron chi connectivity index (χ0n) is 11.0. The lowest BCUT2D eigenvalue weighted by molar-refractivity contribution is 0.333. The number of hydrogen-bond donors (Lipinski definition) is 2. The average Bonchev–Trinajstić information content (AvgIpc) is 2.45. The summed E-state index contributed by atoms with van der Waals surface area (Å²) in [6, 6.07) is 0.202. The van der Waals surface area contributed by atoms with Gasteiger partial charge < -0.3 is 0 Å². The van der Waals surface area contributed by atoms with Crippen molar-refractivity contribution in [3.63, 3.8) is 0 Å². The van der Waals surface area contributed by atoms with Crippen molar-refractivity contribution in [2.45, 2.75) is 46.6 Å². The van der Waals surface area contributed by atoms with Crippen LogP contribution in [0.2, 0.25) is 0 Å². The summed E-state index contributed by atoms with van der Waals surface area (Å²) < 4.78 is 1.84. The molecule has 4 nitrogen and oxygen atoms in total. The second kappa shape index (κ2) is 4.97. The van der Waals surface area contributed by atoms with Gasteiger partial charge in [0.1, 0.15) is 0 Å². The molecule has 0 aliphatic heterocycles. The molecule has 0 bridgehead atoms. The van der Waals surface area contributed by atoms with Crippen LogP contribution in [0.4, 0.5) is 0 Å². The summed E-state index contributed by atoms with van der Waals surface area (Å²) in [4.78, 5) is 0. The fourth-order valence-corrected chi connectivity index (χ4v) is 1.87. The average molecular weight is 224 g/mol. The third-order valence-corrected chi connectivity index (χ3v) is 2.81. The second-order valence-corrected chi connectivity index (χ2v) is 5.66. The highest BCUT2D eigenvalue weighted by molar-refractivity contribution is 5.19. The Labute approximate surface area is 98.2 Å². The number of nitrogens with one attached hydrogen (secondary N) is 1. The molecular formula is C12H24N4. The van der Waals surface area contributed by atoms with E-state index >= 15 is 0 Å². The quantitative estimate of drug-likeness (QED) is 0.608. The number of aromatic nitrogens is 2. The van der Waals surface area contributed by atoms with Gasteiger partial charge in [-0.1, -0.05) is 20.8 Å². The SMILES string of the molecule is Cc1nn(C)cc1C(CCC(C)(C)C)NN. The van der Waals surface area contributed by atoms with Gasteiger partial charge in [-0.05, 0) is 25.2 Å². The van der Waals surface area contributed by atoms with Gasteiger partial charge in [0, 0.05) is 24.8 Å². The van der Waals surface area contributed by atoms with E-state index in [9.17, 15) is 0 Å². The molecule has 92 valence electrons. The lowest BCUT2D eigenvalue weighted by Crippen LogP contribution is -2.29. The van der Waals surface area contributed by atoms with Gasteiger partial charge in [0.05, 0.1) is 5.69 Å². The summed E-state index contributed by atoms with van der Waals surface area (Å²) in [5.41, 5.74) is 5.49. The first kappa shape index (κ1) is 13.2. The van der Waals surface area contributed by atoms with E-state index in [0.29, 0.717) is 5.41 Å². The first-order valence-corrected chi connectivity index (χ1v) is 5.80. The molecule has 0 aliphatic rings. The number of rotatable bonds is 4. The van der Waals surface area contributed by atoms with Gasteiger partial charge in [0.15, 0.2) is 0 Å². The van der Waals surface area contributed by atoms with E-state index in [1.165, 1.54) is 5.56 Å². The number of hydrogen-bond acceptors (Lipinski definition) is 3. The summed E-state index contributed by atoms with van der Waals surface area (Å²) in [6.45, 7) is 8.76. The molecule has 0 radical (unpaired) electrons. The number of nitrogens with zero attached hydrogens (tertiary/aromatic N) is 2. The van der Waals surface area contributed by atoms with Crippen molar-refractivity contribution < 1.29 is 0 Å². The Morgan fingerprint density at radius 3 is 2.50 bits per heavy atom. The third-order valence-electron chi connectivity index (χ3n) is 2.81. The first-order valence-electron chi connectivity index (χ1n) is 5.80. The maximum atomic E-state index is 5.63. The van der Waals surface area contributed by atoms with E-state index in [4.69, 9.17) is 5.84 Å². The van der Waals surface area contributed by atoms with E-state index in [0.717, 1.165) is 18.5 Å². The molecule has 0 aromatic carbocycles. The minimum atomic E-state index is 0.202. The minimum absolute atomic E-state index is 0.202. The number of aryl methyl sites for hydroxylation is 2. The van der Waals surface area contributed by atoms with Crippen molar-refractivity contribution in [3.8, 4) is 0 Å². The molecule has 1 unspecified atom stereocenters. The summed E-state index contributed by atoms with van der Waals surface area (Å²) in [6.07, 6.45) is 4.21. The van der Waals surface area contributed by atoms with E-state index in [1.807, 2.05) is 24.9 Å². The van der Waals surface area contributed by atoms with E-state index in [-0.39, 0.29) is 6.04 Å². The number of nitrogens with two attached hydrogens (primary N) is 1. The van der Waals surface area contributed by atoms with Crippen LogP contribution in [-0.4, -0.2) is 9.78 Å². The normalized spacial score (nSPS) is 14.1. The van der Waals surface area contributed by atoms with E-state index < -0.39 is 0 Å². The molecule has 0 aliphatic carbocycles. The molecule has 0 spiro atoms. The standard InChI is InChI=1S/C12H24N4/c1-9-10(8-16(5)15-9)11(14-13)6-7-12(2,3)4/h8,11,14H,6-7,13H2,1-5H3. The topological polar surface area (TPSA) is 55.9 Å². The summed E-state index contributed by atoms with van der Waals surface area (Å²) >= 11 is 0. The van der Waals surface area contributed by atoms with Crippen LogP contribution in [-0.2, 0) is 7.05 Å². The molecule has 0 saturated heterocycles. The Hall–Kier alpha value is -0.870. The van der Waals surface area contributed by atoms with Crippen LogP contribution in [0.5, 0.6) is 0 Å². The molecule has 1 heterocycles. The lowest BCUT2D eigenvalue weighted by Gasteiger charge is -2.22. The highest BCUT2D eigenvalue weighted by Crippen LogP contribution is 2.27. The smallest absolute Gasteiger partial charge is 0.0641 e. The van der Waals surface area contributed by atoms with Crippen LogP contribution in [0, 0.1) is 12.3 Å². The van der Waals surface area contributed by atoms with E-state index in [2.05, 4.69) is 31.3 Å². The summed E-state index contributed by atoms with van der Waals surface area (Å²) in [7, 11) is 1.94. The second-order valence-electron chi connectivity index (χ2n) is 5.66. The fourth-order valence-electron chi connectivity index (χ4n) is 1.87. The van der Waals surface area contributed by atoms with Crippen LogP contribution in [0.1, 0.15) is 50.9 Å². The molecule has 1 rings (SSSR count). The Balaban J connectivity index is 2.71. The molecule has 0 fully saturated rings. The van der Waals surface area contributed by atoms with Crippen molar-refractivity contribution in [3.05, 3.63) is 17.5 Å². The molecular weight excluding hydrogens is 200 g/mol. The van der Waals surface area contributed by atoms with Gasteiger partial charge in [-0.3, -0.25) is 16.0 Å². The lowest BCUT2D eigenvalue weighted by atomic mass is 9.87. The predicted octanol–water partition coefficient (Wildman–Crippen LogP) is 2.06. The Kier molecular flexibility index (Phi) is 4.10. The molecule has 16 heavy (non-hydrogen) atoms. The van der Waals surface area contributed by atoms with Crippen LogP contribution < -0.4 is 11.3 Å². The third kappa shape index (κ3) is 3.61. The molecule has 1 atom stereocenters. The Morgan fingerprint density at radius 2 is 2.12 bits per heavy atom. The highest BCUT2D eigenvalue weighted by Gasteiger charge is 2.18. The minimum Gasteiger partial charge on any atom is -0.275 e. The fraction of sp³-hybridized carbons (Fsp3) is 0.750. The number of hydrazine groups is 1. The molecule has 1 aromatic rings. The molecule has 3 N–H and O–H groups in total. The van der Waals surface area contributed by atoms with Crippen molar-refractivity contribution in [2.24, 2.45) is 18.3 Å². The van der Waals surface area contributed by atoms with Gasteiger partial charge in [-0.25, -0.2) is 0 Å². The van der Waals surface area contributed by atoms with E-state index in [1.54, 1.807) is 0 Å². The van der Waals surface area contributed by atoms with Crippen LogP contribution in [0.3, 0.4) is 0 Å². The van der Waals surface area contributed by atoms with Gasteiger partial charge in [0.2, 0.25) is 0 Å². The van der Waals surface area contributed by atoms with Crippen LogP contribution in [0.15, 0.2) is 6.20 Å². The zero-order chi connectivity index (χ0) is 12.3. The zero-order valence-corrected chi connectivity index (χ0v) is 11.0. The summed E-state index contributed by atoms with van der Waals surface area (Å²) in [5, 5.41) is 4.35. The Bertz CT molecular complexity index is 335. The first-order chi connectivity index (χ1) is 7.33. The molecule has 4 heteroatoms. The molecule has 0 amide bonds. The predicted molar refractivity (Wildman–Crippen MR) is 66.7 cm³/mol. The maximum absolute atomic E-state index is 5.63. The van der Waals surface area contributed by atoms with Crippen molar-refractivity contribution >= 4 is 0 Å². The van der Waals surface area contributed by atoms with Gasteiger partial charge in [0.25, 0.3) is 0 Å². The van der Waals surface area contributed by atoms with Crippen molar-refractivity contribution in [2.75, 3.05) is 0 Å². The largest absolute Gasteiger partial charge is 0.275 e. The monoisotopic (exact) mass is 224 g/mol. The Morgan fingerprint density at radius 1 is 1.50 bits per heavy atom. The molecule has 0 saturated carbocycles. The van der Waals surface area contributed by atoms with Gasteiger partial charge in [-0.2, -0.15) is 5.10 Å². The molecule has 1 aromatic heterocycles.